The van der Waals surface area contributed by atoms with Crippen LogP contribution in [0.15, 0.2) is 10.8 Å². The summed E-state index contributed by atoms with van der Waals surface area (Å²) in [7, 11) is 0. The zero-order valence-corrected chi connectivity index (χ0v) is 16.3. The van der Waals surface area contributed by atoms with E-state index in [0.717, 1.165) is 28.6 Å². The van der Waals surface area contributed by atoms with E-state index in [4.69, 9.17) is 5.73 Å². The van der Waals surface area contributed by atoms with Gasteiger partial charge in [-0.25, -0.2) is 9.97 Å². The van der Waals surface area contributed by atoms with Crippen LogP contribution in [0.3, 0.4) is 0 Å². The molecule has 2 rings (SSSR count). The second kappa shape index (κ2) is 10.9. The minimum Gasteiger partial charge on any atom is -0.350 e. The average molecular weight is 397 g/mol. The lowest BCUT2D eigenvalue weighted by Gasteiger charge is -2.01. The van der Waals surface area contributed by atoms with Crippen LogP contribution in [0.1, 0.15) is 46.0 Å². The van der Waals surface area contributed by atoms with Gasteiger partial charge in [0.1, 0.15) is 5.69 Å². The molecule has 0 aromatic carbocycles. The van der Waals surface area contributed by atoms with Crippen LogP contribution >= 0.6 is 47.5 Å². The van der Waals surface area contributed by atoms with E-state index >= 15 is 0 Å². The number of thiazole rings is 2. The third kappa shape index (κ3) is 6.73. The fourth-order valence-corrected chi connectivity index (χ4v) is 3.41. The maximum atomic E-state index is 11.9. The third-order valence-electron chi connectivity index (χ3n) is 2.87. The Morgan fingerprint density at radius 2 is 1.96 bits per heavy atom. The lowest BCUT2D eigenvalue weighted by atomic mass is 10.2. The van der Waals surface area contributed by atoms with Crippen LogP contribution in [0, 0.1) is 0 Å². The fraction of sp³-hybridized carbons (Fsp3) is 0.500. The van der Waals surface area contributed by atoms with Crippen molar-refractivity contribution < 1.29 is 4.79 Å². The number of carbonyl (C=O) groups excluding carboxylic acids is 1. The zero-order valence-electron chi connectivity index (χ0n) is 13.1. The van der Waals surface area contributed by atoms with Crippen LogP contribution in [-0.4, -0.2) is 29.0 Å². The van der Waals surface area contributed by atoms with Crippen molar-refractivity contribution in [3.63, 3.8) is 0 Å². The Labute approximate surface area is 156 Å². The molecule has 0 fully saturated rings. The normalized spacial score (nSPS) is 10.1. The van der Waals surface area contributed by atoms with Crippen LogP contribution < -0.4 is 11.1 Å². The molecule has 0 saturated heterocycles. The van der Waals surface area contributed by atoms with Gasteiger partial charge in [-0.3, -0.25) is 4.79 Å². The van der Waals surface area contributed by atoms with Gasteiger partial charge in [0.25, 0.3) is 5.91 Å². The minimum absolute atomic E-state index is 0. The van der Waals surface area contributed by atoms with Crippen molar-refractivity contribution >= 4 is 53.4 Å². The molecule has 0 aliphatic carbocycles. The number of nitrogens with two attached hydrogens (primary N) is 1. The van der Waals surface area contributed by atoms with Crippen LogP contribution in [0.5, 0.6) is 0 Å². The molecule has 5 nitrogen and oxygen atoms in total. The topological polar surface area (TPSA) is 80.9 Å². The van der Waals surface area contributed by atoms with E-state index in [9.17, 15) is 4.79 Å². The van der Waals surface area contributed by atoms with E-state index in [2.05, 4.69) is 34.5 Å². The number of nitrogens with zero attached hydrogens (tertiary/aromatic N) is 2. The number of rotatable bonds is 7. The van der Waals surface area contributed by atoms with E-state index < -0.39 is 0 Å². The van der Waals surface area contributed by atoms with E-state index in [0.29, 0.717) is 24.7 Å². The quantitative estimate of drug-likeness (QED) is 0.753. The summed E-state index contributed by atoms with van der Waals surface area (Å²) in [6, 6.07) is 0. The highest BCUT2D eigenvalue weighted by Gasteiger charge is 2.11. The number of nitrogens with one attached hydrogen (secondary N) is 1. The van der Waals surface area contributed by atoms with Crippen LogP contribution in [0.25, 0.3) is 0 Å². The first-order valence-corrected chi connectivity index (χ1v) is 8.73. The van der Waals surface area contributed by atoms with Crippen LogP contribution in [-0.2, 0) is 12.8 Å². The molecule has 0 radical (unpaired) electrons. The van der Waals surface area contributed by atoms with Gasteiger partial charge in [0, 0.05) is 36.1 Å². The van der Waals surface area contributed by atoms with Crippen molar-refractivity contribution in [3.05, 3.63) is 32.2 Å². The van der Waals surface area contributed by atoms with Crippen molar-refractivity contribution in [2.75, 3.05) is 13.1 Å². The number of amides is 1. The van der Waals surface area contributed by atoms with Crippen molar-refractivity contribution in [1.29, 1.82) is 0 Å². The number of halogens is 2. The van der Waals surface area contributed by atoms with Crippen molar-refractivity contribution in [1.82, 2.24) is 15.3 Å². The molecule has 0 bridgehead atoms. The summed E-state index contributed by atoms with van der Waals surface area (Å²) in [6.07, 6.45) is 1.46. The predicted octanol–water partition coefficient (Wildman–Crippen LogP) is 3.04. The molecular formula is C14H22Cl2N4OS2. The number of hydrogen-bond acceptors (Lipinski definition) is 6. The summed E-state index contributed by atoms with van der Waals surface area (Å²) in [5, 5.41) is 8.76. The Kier molecular flexibility index (Phi) is 10.6. The molecule has 0 saturated carbocycles. The van der Waals surface area contributed by atoms with Gasteiger partial charge in [-0.05, 0) is 6.54 Å². The molecule has 2 heterocycles. The summed E-state index contributed by atoms with van der Waals surface area (Å²) in [6.45, 7) is 5.39. The molecule has 2 aromatic heterocycles. The summed E-state index contributed by atoms with van der Waals surface area (Å²) in [5.74, 6) is 0.322. The summed E-state index contributed by atoms with van der Waals surface area (Å²) < 4.78 is 0. The third-order valence-corrected chi connectivity index (χ3v) is 4.98. The Morgan fingerprint density at radius 3 is 2.57 bits per heavy atom. The summed E-state index contributed by atoms with van der Waals surface area (Å²) in [4.78, 5) is 20.8. The number of carbonyl (C=O) groups is 1. The van der Waals surface area contributed by atoms with E-state index in [1.165, 1.54) is 11.3 Å². The second-order valence-electron chi connectivity index (χ2n) is 5.00. The lowest BCUT2D eigenvalue weighted by Crippen LogP contribution is -2.26. The minimum atomic E-state index is -0.131. The van der Waals surface area contributed by atoms with Gasteiger partial charge in [0.15, 0.2) is 0 Å². The van der Waals surface area contributed by atoms with Crippen molar-refractivity contribution in [3.8, 4) is 0 Å². The lowest BCUT2D eigenvalue weighted by molar-refractivity contribution is 0.0949. The highest BCUT2D eigenvalue weighted by Crippen LogP contribution is 2.19. The Balaban J connectivity index is 0.00000242. The maximum Gasteiger partial charge on any atom is 0.270 e. The Hall–Kier alpha value is -0.730. The first-order chi connectivity index (χ1) is 10.1. The second-order valence-corrected chi connectivity index (χ2v) is 6.84. The standard InChI is InChI=1S/C14H20N4OS2.2ClH/c1-9(2)14-17-10(7-21-14)4-6-16-13(19)11-8-20-12(18-11)3-5-15;;/h7-9H,3-6,15H2,1-2H3,(H,16,19);2*1H. The van der Waals surface area contributed by atoms with Crippen molar-refractivity contribution in [2.45, 2.75) is 32.6 Å². The van der Waals surface area contributed by atoms with Crippen LogP contribution in [0.2, 0.25) is 0 Å². The molecule has 0 aliphatic rings. The highest BCUT2D eigenvalue weighted by molar-refractivity contribution is 7.10. The van der Waals surface area contributed by atoms with Gasteiger partial charge in [-0.15, -0.1) is 47.5 Å². The number of hydrogen-bond donors (Lipinski definition) is 2. The molecule has 2 aromatic rings. The predicted molar refractivity (Wildman–Crippen MR) is 102 cm³/mol. The van der Waals surface area contributed by atoms with E-state index in [-0.39, 0.29) is 30.7 Å². The van der Waals surface area contributed by atoms with Gasteiger partial charge in [0.2, 0.25) is 0 Å². The molecular weight excluding hydrogens is 375 g/mol. The van der Waals surface area contributed by atoms with E-state index in [1.54, 1.807) is 16.7 Å². The number of aromatic nitrogens is 2. The van der Waals surface area contributed by atoms with E-state index in [1.807, 2.05) is 0 Å². The molecule has 130 valence electrons. The van der Waals surface area contributed by atoms with Gasteiger partial charge in [-0.1, -0.05) is 13.8 Å². The average Bonchev–Trinajstić information content (AvgIpc) is 3.08. The molecule has 9 heteroatoms. The molecule has 0 spiro atoms. The monoisotopic (exact) mass is 396 g/mol. The Morgan fingerprint density at radius 1 is 1.22 bits per heavy atom. The van der Waals surface area contributed by atoms with Crippen LogP contribution in [0.4, 0.5) is 0 Å². The molecule has 0 aliphatic heterocycles. The van der Waals surface area contributed by atoms with Gasteiger partial charge < -0.3 is 11.1 Å². The highest BCUT2D eigenvalue weighted by atomic mass is 35.5. The zero-order chi connectivity index (χ0) is 15.2. The Bertz CT molecular complexity index is 601. The smallest absolute Gasteiger partial charge is 0.270 e. The molecule has 0 unspecified atom stereocenters. The first-order valence-electron chi connectivity index (χ1n) is 6.97. The van der Waals surface area contributed by atoms with Crippen molar-refractivity contribution in [2.24, 2.45) is 5.73 Å². The largest absolute Gasteiger partial charge is 0.350 e. The molecule has 3 N–H and O–H groups in total. The summed E-state index contributed by atoms with van der Waals surface area (Å²) in [5.41, 5.74) is 6.98. The summed E-state index contributed by atoms with van der Waals surface area (Å²) >= 11 is 3.15. The SMILES string of the molecule is CC(C)c1nc(CCNC(=O)c2csc(CCN)n2)cs1.Cl.Cl. The molecule has 23 heavy (non-hydrogen) atoms. The fourth-order valence-electron chi connectivity index (χ4n) is 1.75. The van der Waals surface area contributed by atoms with Gasteiger partial charge in [-0.2, -0.15) is 0 Å². The van der Waals surface area contributed by atoms with Gasteiger partial charge in [0.05, 0.1) is 15.7 Å². The molecule has 0 atom stereocenters. The van der Waals surface area contributed by atoms with Gasteiger partial charge >= 0.3 is 0 Å². The maximum absolute atomic E-state index is 11.9. The first kappa shape index (κ1) is 22.3. The molecule has 1 amide bonds.